The zero-order chi connectivity index (χ0) is 21.7. The molecular formula is C19H24F2N6O3. The number of aromatic nitrogens is 4. The summed E-state index contributed by atoms with van der Waals surface area (Å²) in [4.78, 5) is 22.4. The maximum Gasteiger partial charge on any atom is 0.410 e. The Hall–Kier alpha value is -3.24. The van der Waals surface area contributed by atoms with Crippen molar-refractivity contribution in [1.82, 2.24) is 25.1 Å². The third-order valence-electron chi connectivity index (χ3n) is 4.09. The highest BCUT2D eigenvalue weighted by atomic mass is 19.3. The topological polar surface area (TPSA) is 105 Å². The fourth-order valence-corrected chi connectivity index (χ4v) is 2.82. The summed E-state index contributed by atoms with van der Waals surface area (Å²) in [5.41, 5.74) is 1.27. The predicted molar refractivity (Wildman–Crippen MR) is 106 cm³/mol. The number of nitrogens with zero attached hydrogens (tertiary/aromatic N) is 4. The van der Waals surface area contributed by atoms with E-state index in [1.807, 2.05) is 26.8 Å². The number of anilines is 2. The van der Waals surface area contributed by atoms with Crippen LogP contribution in [0, 0.1) is 0 Å². The van der Waals surface area contributed by atoms with Gasteiger partial charge >= 0.3 is 12.7 Å². The van der Waals surface area contributed by atoms with E-state index in [-0.39, 0.29) is 17.8 Å². The molecule has 0 aromatic carbocycles. The maximum atomic E-state index is 12.2. The average molecular weight is 422 g/mol. The Morgan fingerprint density at radius 2 is 2.00 bits per heavy atom. The summed E-state index contributed by atoms with van der Waals surface area (Å²) in [7, 11) is 0. The second-order valence-electron chi connectivity index (χ2n) is 7.72. The quantitative estimate of drug-likeness (QED) is 0.751. The highest BCUT2D eigenvalue weighted by molar-refractivity contribution is 5.68. The van der Waals surface area contributed by atoms with Gasteiger partial charge in [-0.15, -0.1) is 0 Å². The van der Waals surface area contributed by atoms with Gasteiger partial charge in [0.05, 0.1) is 18.1 Å². The number of H-pyrrole nitrogens is 1. The van der Waals surface area contributed by atoms with Crippen molar-refractivity contribution >= 4 is 23.8 Å². The summed E-state index contributed by atoms with van der Waals surface area (Å²) in [6, 6.07) is 1.30. The molecule has 9 nitrogen and oxygen atoms in total. The SMILES string of the molecule is CC(C)(C)OC(=O)N1CCC(=Cc2cncc(Nc3cc(OC(F)F)[nH]n3)n2)CC1. The van der Waals surface area contributed by atoms with Crippen molar-refractivity contribution in [2.75, 3.05) is 18.4 Å². The molecule has 1 fully saturated rings. The molecule has 0 atom stereocenters. The molecule has 2 aromatic rings. The number of amides is 1. The average Bonchev–Trinajstić information content (AvgIpc) is 3.07. The zero-order valence-corrected chi connectivity index (χ0v) is 17.0. The summed E-state index contributed by atoms with van der Waals surface area (Å²) in [5.74, 6) is 0.525. The molecular weight excluding hydrogens is 398 g/mol. The number of halogens is 2. The molecule has 11 heteroatoms. The number of hydrogen-bond donors (Lipinski definition) is 2. The molecule has 0 saturated carbocycles. The number of hydrogen-bond acceptors (Lipinski definition) is 7. The van der Waals surface area contributed by atoms with Crippen LogP contribution >= 0.6 is 0 Å². The zero-order valence-electron chi connectivity index (χ0n) is 17.0. The summed E-state index contributed by atoms with van der Waals surface area (Å²) in [6.45, 7) is 3.74. The second-order valence-corrected chi connectivity index (χ2v) is 7.72. The number of ether oxygens (including phenoxy) is 2. The predicted octanol–water partition coefficient (Wildman–Crippen LogP) is 3.96. The fourth-order valence-electron chi connectivity index (χ4n) is 2.82. The van der Waals surface area contributed by atoms with E-state index in [0.29, 0.717) is 37.4 Å². The fraction of sp³-hybridized carbons (Fsp3) is 0.474. The van der Waals surface area contributed by atoms with E-state index in [2.05, 4.69) is 30.2 Å². The molecule has 1 aliphatic heterocycles. The Labute approximate surface area is 172 Å². The van der Waals surface area contributed by atoms with E-state index in [4.69, 9.17) is 4.74 Å². The normalized spacial score (nSPS) is 14.6. The number of piperidine rings is 1. The minimum atomic E-state index is -2.94. The van der Waals surface area contributed by atoms with Gasteiger partial charge in [-0.1, -0.05) is 5.57 Å². The van der Waals surface area contributed by atoms with Gasteiger partial charge in [-0.25, -0.2) is 14.9 Å². The van der Waals surface area contributed by atoms with Crippen molar-refractivity contribution in [2.24, 2.45) is 0 Å². The molecule has 0 spiro atoms. The Bertz CT molecular complexity index is 900. The number of carbonyl (C=O) groups is 1. The van der Waals surface area contributed by atoms with E-state index in [1.54, 1.807) is 11.1 Å². The second kappa shape index (κ2) is 9.06. The Morgan fingerprint density at radius 1 is 1.27 bits per heavy atom. The highest BCUT2D eigenvalue weighted by Gasteiger charge is 2.24. The first kappa shape index (κ1) is 21.5. The van der Waals surface area contributed by atoms with Gasteiger partial charge in [0.25, 0.3) is 0 Å². The van der Waals surface area contributed by atoms with Crippen LogP contribution in [0.3, 0.4) is 0 Å². The lowest BCUT2D eigenvalue weighted by Crippen LogP contribution is -2.40. The van der Waals surface area contributed by atoms with Crippen LogP contribution in [-0.4, -0.2) is 56.5 Å². The molecule has 1 saturated heterocycles. The van der Waals surface area contributed by atoms with Crippen LogP contribution in [0.4, 0.5) is 25.2 Å². The summed E-state index contributed by atoms with van der Waals surface area (Å²) >= 11 is 0. The van der Waals surface area contributed by atoms with Crippen molar-refractivity contribution in [1.29, 1.82) is 0 Å². The lowest BCUT2D eigenvalue weighted by molar-refractivity contribution is -0.0528. The van der Waals surface area contributed by atoms with Gasteiger partial charge in [-0.2, -0.15) is 13.9 Å². The van der Waals surface area contributed by atoms with E-state index in [1.165, 1.54) is 12.3 Å². The van der Waals surface area contributed by atoms with Crippen LogP contribution < -0.4 is 10.1 Å². The van der Waals surface area contributed by atoms with Gasteiger partial charge in [-0.3, -0.25) is 4.98 Å². The maximum absolute atomic E-state index is 12.2. The summed E-state index contributed by atoms with van der Waals surface area (Å²) in [6.07, 6.45) is 6.17. The number of likely N-dealkylation sites (tertiary alicyclic amines) is 1. The standard InChI is InChI=1S/C19H24F2N6O3/c1-19(2,3)30-18(28)27-6-4-12(5-7-27)8-13-10-22-11-15(23-13)24-14-9-16(26-25-14)29-17(20)21/h8-11,17H,4-7H2,1-3H3,(H2,23,24,25,26). The van der Waals surface area contributed by atoms with Gasteiger partial charge in [0.2, 0.25) is 5.88 Å². The van der Waals surface area contributed by atoms with Crippen molar-refractivity contribution in [3.63, 3.8) is 0 Å². The van der Waals surface area contributed by atoms with Crippen LogP contribution in [0.25, 0.3) is 6.08 Å². The minimum Gasteiger partial charge on any atom is -0.444 e. The van der Waals surface area contributed by atoms with E-state index < -0.39 is 12.2 Å². The van der Waals surface area contributed by atoms with Crippen LogP contribution in [-0.2, 0) is 4.74 Å². The van der Waals surface area contributed by atoms with Gasteiger partial charge in [0, 0.05) is 19.2 Å². The first-order valence-electron chi connectivity index (χ1n) is 9.44. The largest absolute Gasteiger partial charge is 0.444 e. The monoisotopic (exact) mass is 422 g/mol. The molecule has 2 N–H and O–H groups in total. The Morgan fingerprint density at radius 3 is 2.67 bits per heavy atom. The molecule has 3 rings (SSSR count). The number of rotatable bonds is 5. The van der Waals surface area contributed by atoms with Crippen LogP contribution in [0.15, 0.2) is 24.0 Å². The molecule has 162 valence electrons. The third-order valence-corrected chi connectivity index (χ3v) is 4.09. The van der Waals surface area contributed by atoms with Gasteiger partial charge in [0.1, 0.15) is 5.60 Å². The first-order valence-corrected chi connectivity index (χ1v) is 9.44. The molecule has 3 heterocycles. The number of carbonyl (C=O) groups excluding carboxylic acids is 1. The van der Waals surface area contributed by atoms with E-state index >= 15 is 0 Å². The van der Waals surface area contributed by atoms with Crippen molar-refractivity contribution in [2.45, 2.75) is 45.8 Å². The van der Waals surface area contributed by atoms with Crippen LogP contribution in [0.2, 0.25) is 0 Å². The molecule has 2 aromatic heterocycles. The lowest BCUT2D eigenvalue weighted by atomic mass is 10.0. The molecule has 1 aliphatic rings. The third kappa shape index (κ3) is 6.39. The molecule has 1 amide bonds. The Kier molecular flexibility index (Phi) is 6.48. The van der Waals surface area contributed by atoms with Gasteiger partial charge < -0.3 is 19.7 Å². The molecule has 0 bridgehead atoms. The van der Waals surface area contributed by atoms with Crippen molar-refractivity contribution in [3.05, 3.63) is 29.7 Å². The first-order chi connectivity index (χ1) is 14.2. The van der Waals surface area contributed by atoms with Crippen molar-refractivity contribution in [3.8, 4) is 5.88 Å². The minimum absolute atomic E-state index is 0.157. The van der Waals surface area contributed by atoms with E-state index in [9.17, 15) is 13.6 Å². The summed E-state index contributed by atoms with van der Waals surface area (Å²) in [5, 5.41) is 9.06. The van der Waals surface area contributed by atoms with Gasteiger partial charge in [-0.05, 0) is 39.7 Å². The smallest absolute Gasteiger partial charge is 0.410 e. The molecule has 30 heavy (non-hydrogen) atoms. The highest BCUT2D eigenvalue weighted by Crippen LogP contribution is 2.22. The number of aromatic amines is 1. The molecule has 0 aliphatic carbocycles. The number of nitrogens with one attached hydrogen (secondary N) is 2. The summed E-state index contributed by atoms with van der Waals surface area (Å²) < 4.78 is 34.1. The van der Waals surface area contributed by atoms with Crippen molar-refractivity contribution < 1.29 is 23.0 Å². The van der Waals surface area contributed by atoms with Crippen LogP contribution in [0.1, 0.15) is 39.3 Å². The van der Waals surface area contributed by atoms with E-state index in [0.717, 1.165) is 5.57 Å². The van der Waals surface area contributed by atoms with Gasteiger partial charge in [0.15, 0.2) is 11.6 Å². The molecule has 0 unspecified atom stereocenters. The Balaban J connectivity index is 1.58. The number of alkyl halides is 2. The lowest BCUT2D eigenvalue weighted by Gasteiger charge is -2.31. The molecule has 0 radical (unpaired) electrons. The van der Waals surface area contributed by atoms with Crippen LogP contribution in [0.5, 0.6) is 5.88 Å².